The van der Waals surface area contributed by atoms with Crippen molar-refractivity contribution >= 4 is 28.6 Å². The first-order chi connectivity index (χ1) is 9.60. The van der Waals surface area contributed by atoms with Gasteiger partial charge in [0.2, 0.25) is 0 Å². The van der Waals surface area contributed by atoms with Gasteiger partial charge >= 0.3 is 0 Å². The number of aromatic nitrogens is 1. The maximum absolute atomic E-state index is 6.14. The first-order valence-corrected chi connectivity index (χ1v) is 7.97. The second kappa shape index (κ2) is 7.07. The lowest BCUT2D eigenvalue weighted by atomic mass is 10.1. The van der Waals surface area contributed by atoms with Crippen LogP contribution < -0.4 is 10.2 Å². The van der Waals surface area contributed by atoms with Crippen molar-refractivity contribution in [1.29, 1.82) is 0 Å². The van der Waals surface area contributed by atoms with E-state index in [1.807, 2.05) is 19.1 Å². The number of hydrogen-bond acceptors (Lipinski definition) is 4. The normalized spacial score (nSPS) is 10.8. The van der Waals surface area contributed by atoms with Crippen LogP contribution in [0.5, 0.6) is 0 Å². The van der Waals surface area contributed by atoms with E-state index in [2.05, 4.69) is 40.6 Å². The molecule has 2 rings (SSSR count). The third-order valence-corrected chi connectivity index (χ3v) is 4.15. The van der Waals surface area contributed by atoms with Gasteiger partial charge in [-0.1, -0.05) is 24.6 Å². The van der Waals surface area contributed by atoms with Crippen molar-refractivity contribution in [2.75, 3.05) is 18.5 Å². The van der Waals surface area contributed by atoms with Gasteiger partial charge in [-0.05, 0) is 31.2 Å². The molecule has 108 valence electrons. The standard InChI is InChI=1S/C15H20ClN3S/c1-4-17-8-12-5-6-13(16)7-15(12)19(3)9-14-10-20-11(2)18-14/h5-7,10,17H,4,8-9H2,1-3H3. The minimum absolute atomic E-state index is 0.765. The van der Waals surface area contributed by atoms with E-state index in [1.165, 1.54) is 5.56 Å². The van der Waals surface area contributed by atoms with Gasteiger partial charge in [0.05, 0.1) is 17.2 Å². The third kappa shape index (κ3) is 3.95. The van der Waals surface area contributed by atoms with Crippen LogP contribution in [0.3, 0.4) is 0 Å². The van der Waals surface area contributed by atoms with E-state index in [9.17, 15) is 0 Å². The van der Waals surface area contributed by atoms with E-state index in [4.69, 9.17) is 11.6 Å². The minimum Gasteiger partial charge on any atom is -0.368 e. The summed E-state index contributed by atoms with van der Waals surface area (Å²) in [6, 6.07) is 6.05. The van der Waals surface area contributed by atoms with Crippen LogP contribution in [-0.2, 0) is 13.1 Å². The van der Waals surface area contributed by atoms with Crippen LogP contribution in [0.25, 0.3) is 0 Å². The first kappa shape index (κ1) is 15.3. The molecule has 0 saturated heterocycles. The van der Waals surface area contributed by atoms with Crippen LogP contribution >= 0.6 is 22.9 Å². The summed E-state index contributed by atoms with van der Waals surface area (Å²) in [4.78, 5) is 6.72. The van der Waals surface area contributed by atoms with Crippen LogP contribution in [0, 0.1) is 6.92 Å². The monoisotopic (exact) mass is 309 g/mol. The van der Waals surface area contributed by atoms with Gasteiger partial charge in [0, 0.05) is 29.7 Å². The second-order valence-corrected chi connectivity index (χ2v) is 6.27. The molecule has 1 aromatic heterocycles. The zero-order chi connectivity index (χ0) is 14.5. The van der Waals surface area contributed by atoms with Crippen molar-refractivity contribution in [2.24, 2.45) is 0 Å². The highest BCUT2D eigenvalue weighted by Gasteiger charge is 2.10. The Morgan fingerprint density at radius 2 is 2.20 bits per heavy atom. The third-order valence-electron chi connectivity index (χ3n) is 3.09. The minimum atomic E-state index is 0.765. The van der Waals surface area contributed by atoms with Crippen LogP contribution in [0.1, 0.15) is 23.2 Å². The number of nitrogens with zero attached hydrogens (tertiary/aromatic N) is 2. The number of benzene rings is 1. The zero-order valence-electron chi connectivity index (χ0n) is 12.1. The molecule has 0 radical (unpaired) electrons. The smallest absolute Gasteiger partial charge is 0.0898 e. The summed E-state index contributed by atoms with van der Waals surface area (Å²) in [6.45, 7) is 6.74. The Labute approximate surface area is 129 Å². The molecule has 20 heavy (non-hydrogen) atoms. The van der Waals surface area contributed by atoms with Gasteiger partial charge in [0.25, 0.3) is 0 Å². The number of rotatable bonds is 6. The molecule has 0 aliphatic carbocycles. The van der Waals surface area contributed by atoms with Crippen molar-refractivity contribution in [1.82, 2.24) is 10.3 Å². The molecule has 0 fully saturated rings. The Hall–Kier alpha value is -1.10. The molecule has 0 spiro atoms. The van der Waals surface area contributed by atoms with Crippen molar-refractivity contribution < 1.29 is 0 Å². The van der Waals surface area contributed by atoms with Crippen LogP contribution in [0.15, 0.2) is 23.6 Å². The molecular formula is C15H20ClN3S. The van der Waals surface area contributed by atoms with E-state index in [-0.39, 0.29) is 0 Å². The molecular weight excluding hydrogens is 290 g/mol. The summed E-state index contributed by atoms with van der Waals surface area (Å²) < 4.78 is 0. The summed E-state index contributed by atoms with van der Waals surface area (Å²) in [5, 5.41) is 7.34. The fraction of sp³-hybridized carbons (Fsp3) is 0.400. The molecule has 0 aliphatic rings. The molecule has 0 atom stereocenters. The highest BCUT2D eigenvalue weighted by molar-refractivity contribution is 7.09. The summed E-state index contributed by atoms with van der Waals surface area (Å²) in [6.07, 6.45) is 0. The van der Waals surface area contributed by atoms with Crippen molar-refractivity contribution in [2.45, 2.75) is 26.9 Å². The average molecular weight is 310 g/mol. The molecule has 0 saturated carbocycles. The predicted molar refractivity (Wildman–Crippen MR) is 87.8 cm³/mol. The fourth-order valence-corrected chi connectivity index (χ4v) is 2.88. The summed E-state index contributed by atoms with van der Waals surface area (Å²) in [5.74, 6) is 0. The van der Waals surface area contributed by atoms with Crippen LogP contribution in [-0.4, -0.2) is 18.6 Å². The molecule has 1 N–H and O–H groups in total. The lowest BCUT2D eigenvalue weighted by Gasteiger charge is -2.22. The quantitative estimate of drug-likeness (QED) is 0.878. The van der Waals surface area contributed by atoms with Gasteiger partial charge < -0.3 is 10.2 Å². The number of nitrogens with one attached hydrogen (secondary N) is 1. The Balaban J connectivity index is 2.18. The van der Waals surface area contributed by atoms with E-state index in [1.54, 1.807) is 11.3 Å². The van der Waals surface area contributed by atoms with E-state index >= 15 is 0 Å². The molecule has 5 heteroatoms. The Morgan fingerprint density at radius 3 is 2.85 bits per heavy atom. The fourth-order valence-electron chi connectivity index (χ4n) is 2.11. The molecule has 3 nitrogen and oxygen atoms in total. The number of anilines is 1. The Morgan fingerprint density at radius 1 is 1.40 bits per heavy atom. The lowest BCUT2D eigenvalue weighted by molar-refractivity contribution is 0.722. The Kier molecular flexibility index (Phi) is 5.40. The van der Waals surface area contributed by atoms with E-state index in [0.717, 1.165) is 41.0 Å². The van der Waals surface area contributed by atoms with Gasteiger partial charge in [0.1, 0.15) is 0 Å². The molecule has 0 unspecified atom stereocenters. The number of hydrogen-bond donors (Lipinski definition) is 1. The number of aryl methyl sites for hydroxylation is 1. The predicted octanol–water partition coefficient (Wildman–Crippen LogP) is 3.85. The van der Waals surface area contributed by atoms with Crippen molar-refractivity contribution in [3.8, 4) is 0 Å². The van der Waals surface area contributed by atoms with Gasteiger partial charge in [-0.2, -0.15) is 0 Å². The molecule has 2 aromatic rings. The SMILES string of the molecule is CCNCc1ccc(Cl)cc1N(C)Cc1csc(C)n1. The Bertz CT molecular complexity index is 568. The number of thiazole rings is 1. The van der Waals surface area contributed by atoms with Crippen molar-refractivity contribution in [3.63, 3.8) is 0 Å². The summed E-state index contributed by atoms with van der Waals surface area (Å²) in [5.41, 5.74) is 3.51. The molecule has 0 aliphatic heterocycles. The highest BCUT2D eigenvalue weighted by Crippen LogP contribution is 2.25. The summed E-state index contributed by atoms with van der Waals surface area (Å²) >= 11 is 7.83. The second-order valence-electron chi connectivity index (χ2n) is 4.77. The number of halogens is 1. The molecule has 0 amide bonds. The lowest BCUT2D eigenvalue weighted by Crippen LogP contribution is -2.20. The van der Waals surface area contributed by atoms with Gasteiger partial charge in [-0.3, -0.25) is 0 Å². The average Bonchev–Trinajstić information content (AvgIpc) is 2.82. The molecule has 1 aromatic carbocycles. The van der Waals surface area contributed by atoms with Gasteiger partial charge in [-0.15, -0.1) is 11.3 Å². The van der Waals surface area contributed by atoms with E-state index < -0.39 is 0 Å². The highest BCUT2D eigenvalue weighted by atomic mass is 35.5. The first-order valence-electron chi connectivity index (χ1n) is 6.71. The molecule has 1 heterocycles. The topological polar surface area (TPSA) is 28.2 Å². The summed E-state index contributed by atoms with van der Waals surface area (Å²) in [7, 11) is 2.08. The van der Waals surface area contributed by atoms with Crippen molar-refractivity contribution in [3.05, 3.63) is 44.9 Å². The van der Waals surface area contributed by atoms with Crippen LogP contribution in [0.2, 0.25) is 5.02 Å². The molecule has 0 bridgehead atoms. The van der Waals surface area contributed by atoms with Gasteiger partial charge in [0.15, 0.2) is 0 Å². The largest absolute Gasteiger partial charge is 0.368 e. The maximum atomic E-state index is 6.14. The zero-order valence-corrected chi connectivity index (χ0v) is 13.7. The van der Waals surface area contributed by atoms with Crippen LogP contribution in [0.4, 0.5) is 5.69 Å². The maximum Gasteiger partial charge on any atom is 0.0898 e. The van der Waals surface area contributed by atoms with E-state index in [0.29, 0.717) is 0 Å². The van der Waals surface area contributed by atoms with Gasteiger partial charge in [-0.25, -0.2) is 4.98 Å².